The van der Waals surface area contributed by atoms with Crippen molar-refractivity contribution < 1.29 is 11.0 Å². The van der Waals surface area contributed by atoms with Crippen molar-refractivity contribution in [1.29, 1.82) is 0 Å². The van der Waals surface area contributed by atoms with Gasteiger partial charge >= 0.3 is 60.6 Å². The molecule has 0 radical (unpaired) electrons. The van der Waals surface area contributed by atoms with Crippen LogP contribution in [-0.4, -0.2) is 18.8 Å². The van der Waals surface area contributed by atoms with Crippen LogP contribution in [0.5, 0.6) is 0 Å². The Morgan fingerprint density at radius 3 is 2.18 bits per heavy atom. The fraction of sp³-hybridized carbons (Fsp3) is 0.143. The zero-order valence-electron chi connectivity index (χ0n) is 6.08. The van der Waals surface area contributed by atoms with Gasteiger partial charge in [0.15, 0.2) is 0 Å². The van der Waals surface area contributed by atoms with Gasteiger partial charge in [0.1, 0.15) is 0 Å². The second-order valence-electron chi connectivity index (χ2n) is 1.95. The van der Waals surface area contributed by atoms with E-state index in [1.54, 1.807) is 0 Å². The molecule has 2 nitrogen and oxygen atoms in total. The molecule has 0 aliphatic rings. The zero-order valence-corrected chi connectivity index (χ0v) is 6.84. The Balaban J connectivity index is 0. The Hall–Kier alpha value is -0.505. The van der Waals surface area contributed by atoms with Crippen LogP contribution in [0.3, 0.4) is 0 Å². The molecule has 0 unspecified atom stereocenters. The molecule has 0 amide bonds. The van der Waals surface area contributed by atoms with Gasteiger partial charge in [0, 0.05) is 0 Å². The number of hydrogen-bond donors (Lipinski definition) is 0. The van der Waals surface area contributed by atoms with Crippen molar-refractivity contribution in [3.63, 3.8) is 0 Å². The summed E-state index contributed by atoms with van der Waals surface area (Å²) in [7, 11) is 5.54. The van der Waals surface area contributed by atoms with Crippen LogP contribution in [0.25, 0.3) is 0 Å². The Morgan fingerprint density at radius 1 is 1.27 bits per heavy atom. The maximum absolute atomic E-state index is 5.73. The summed E-state index contributed by atoms with van der Waals surface area (Å²) >= 11 is 5.73. The summed E-state index contributed by atoms with van der Waals surface area (Å²) in [6.45, 7) is 1.90. The minimum atomic E-state index is 0. The van der Waals surface area contributed by atoms with Gasteiger partial charge in [-0.25, -0.2) is 0 Å². The van der Waals surface area contributed by atoms with E-state index >= 15 is 0 Å². The van der Waals surface area contributed by atoms with Gasteiger partial charge in [-0.05, 0) is 0 Å². The van der Waals surface area contributed by atoms with Gasteiger partial charge < -0.3 is 11.0 Å². The molecule has 0 aromatic heterocycles. The predicted molar refractivity (Wildman–Crippen MR) is 45.4 cm³/mol. The van der Waals surface area contributed by atoms with Crippen LogP contribution in [0.4, 0.5) is 0 Å². The summed E-state index contributed by atoms with van der Waals surface area (Å²) in [6, 6.07) is 5.50. The first-order valence-electron chi connectivity index (χ1n) is 2.72. The Morgan fingerprint density at radius 2 is 1.82 bits per heavy atom. The maximum Gasteiger partial charge on any atom is -0.870 e. The first-order valence-corrected chi connectivity index (χ1v) is 3.10. The summed E-state index contributed by atoms with van der Waals surface area (Å²) in [5, 5.41) is 0.731. The molecular weight excluding hydrogens is 162 g/mol. The molecule has 1 aromatic carbocycles. The average Bonchev–Trinajstić information content (AvgIpc) is 1.83. The van der Waals surface area contributed by atoms with Crippen LogP contribution in [-0.2, 0) is 0 Å². The molecular formula is C7H8BClO2. The summed E-state index contributed by atoms with van der Waals surface area (Å²) < 4.78 is 0. The van der Waals surface area contributed by atoms with E-state index in [0.717, 1.165) is 16.0 Å². The summed E-state index contributed by atoms with van der Waals surface area (Å²) in [4.78, 5) is 0. The standard InChI is InChI=1S/C7H6BCl.2H2O/c1-5-6(8)3-2-4-7(5)9;;/h2-4H,1H3;2*1H2/q+2;;/p-2. The largest absolute Gasteiger partial charge is 0.870 e. The first-order chi connectivity index (χ1) is 4.22. The Bertz CT molecular complexity index is 207. The quantitative estimate of drug-likeness (QED) is 0.547. The first kappa shape index (κ1) is 13.1. The monoisotopic (exact) mass is 170 g/mol. The summed E-state index contributed by atoms with van der Waals surface area (Å²) in [6.07, 6.45) is 0. The van der Waals surface area contributed by atoms with Crippen molar-refractivity contribution in [3.05, 3.63) is 28.8 Å². The van der Waals surface area contributed by atoms with E-state index in [0.29, 0.717) is 0 Å². The molecule has 0 bridgehead atoms. The smallest absolute Gasteiger partial charge is 0.870 e. The molecule has 0 fully saturated rings. The van der Waals surface area contributed by atoms with Crippen molar-refractivity contribution in [3.8, 4) is 0 Å². The van der Waals surface area contributed by atoms with Gasteiger partial charge in [0.2, 0.25) is 0 Å². The van der Waals surface area contributed by atoms with Crippen molar-refractivity contribution in [2.24, 2.45) is 0 Å². The van der Waals surface area contributed by atoms with Gasteiger partial charge in [-0.2, -0.15) is 0 Å². The van der Waals surface area contributed by atoms with Crippen LogP contribution < -0.4 is 5.46 Å². The topological polar surface area (TPSA) is 60.0 Å². The summed E-state index contributed by atoms with van der Waals surface area (Å²) in [5.74, 6) is 0. The Kier molecular flexibility index (Phi) is 6.18. The van der Waals surface area contributed by atoms with Crippen molar-refractivity contribution in [2.75, 3.05) is 0 Å². The number of rotatable bonds is 0. The SMILES string of the molecule is [B+2]c1cccc(Cl)c1C.[OH-].[OH-]. The molecule has 0 aliphatic heterocycles. The molecule has 4 heteroatoms. The van der Waals surface area contributed by atoms with Gasteiger partial charge in [0.25, 0.3) is 0 Å². The molecule has 0 atom stereocenters. The van der Waals surface area contributed by atoms with E-state index in [2.05, 4.69) is 0 Å². The van der Waals surface area contributed by atoms with E-state index < -0.39 is 0 Å². The fourth-order valence-corrected chi connectivity index (χ4v) is 0.806. The molecule has 1 rings (SSSR count). The molecule has 2 N–H and O–H groups in total. The Labute approximate surface area is 72.2 Å². The van der Waals surface area contributed by atoms with Crippen LogP contribution in [0.1, 0.15) is 5.56 Å². The molecule has 0 heterocycles. The molecule has 11 heavy (non-hydrogen) atoms. The zero-order chi connectivity index (χ0) is 6.85. The average molecular weight is 170 g/mol. The molecule has 1 aromatic rings. The molecule has 0 spiro atoms. The van der Waals surface area contributed by atoms with Crippen molar-refractivity contribution in [2.45, 2.75) is 6.92 Å². The number of hydrogen-bond acceptors (Lipinski definition) is 2. The summed E-state index contributed by atoms with van der Waals surface area (Å²) in [5.41, 5.74) is 1.71. The van der Waals surface area contributed by atoms with Crippen LogP contribution in [0.2, 0.25) is 5.02 Å². The van der Waals surface area contributed by atoms with Gasteiger partial charge in [-0.1, -0.05) is 0 Å². The van der Waals surface area contributed by atoms with Crippen molar-refractivity contribution >= 4 is 24.9 Å². The number of halogens is 1. The van der Waals surface area contributed by atoms with E-state index in [-0.39, 0.29) is 11.0 Å². The van der Waals surface area contributed by atoms with Gasteiger partial charge in [0.05, 0.1) is 0 Å². The molecule has 58 valence electrons. The van der Waals surface area contributed by atoms with Crippen LogP contribution >= 0.6 is 11.6 Å². The van der Waals surface area contributed by atoms with E-state index in [1.165, 1.54) is 0 Å². The second-order valence-corrected chi connectivity index (χ2v) is 2.36. The van der Waals surface area contributed by atoms with Crippen LogP contribution in [0, 0.1) is 6.92 Å². The van der Waals surface area contributed by atoms with E-state index in [9.17, 15) is 0 Å². The van der Waals surface area contributed by atoms with Crippen LogP contribution in [0.15, 0.2) is 18.2 Å². The predicted octanol–water partition coefficient (Wildman–Crippen LogP) is 1.09. The minimum absolute atomic E-state index is 0. The van der Waals surface area contributed by atoms with E-state index in [1.807, 2.05) is 25.1 Å². The van der Waals surface area contributed by atoms with Crippen molar-refractivity contribution in [1.82, 2.24) is 0 Å². The third-order valence-corrected chi connectivity index (χ3v) is 1.72. The minimum Gasteiger partial charge on any atom is -0.870 e. The van der Waals surface area contributed by atoms with Gasteiger partial charge in [-0.15, -0.1) is 0 Å². The third-order valence-electron chi connectivity index (χ3n) is 1.31. The fourth-order valence-electron chi connectivity index (χ4n) is 0.624. The molecule has 0 saturated heterocycles. The van der Waals surface area contributed by atoms with E-state index in [4.69, 9.17) is 19.4 Å². The molecule has 0 aliphatic carbocycles. The third kappa shape index (κ3) is 2.93. The normalized spacial score (nSPS) is 8.00. The number of benzene rings is 1. The second kappa shape index (κ2) is 5.19. The van der Waals surface area contributed by atoms with Gasteiger partial charge in [-0.3, -0.25) is 0 Å². The maximum atomic E-state index is 5.73. The molecule has 0 saturated carbocycles.